The Morgan fingerprint density at radius 1 is 0.960 bits per heavy atom. The first-order valence-corrected chi connectivity index (χ1v) is 8.60. The Hall–Kier alpha value is -2.49. The zero-order valence-electron chi connectivity index (χ0n) is 14.7. The number of hydrogen-bond acceptors (Lipinski definition) is 3. The van der Waals surface area contributed by atoms with E-state index >= 15 is 0 Å². The van der Waals surface area contributed by atoms with E-state index in [-0.39, 0.29) is 18.7 Å². The molecule has 3 nitrogen and oxygen atoms in total. The first-order valence-electron chi connectivity index (χ1n) is 8.60. The van der Waals surface area contributed by atoms with Crippen LogP contribution >= 0.6 is 0 Å². The molecule has 2 unspecified atom stereocenters. The molecule has 2 N–H and O–H groups in total. The maximum atomic E-state index is 9.38. The molecule has 1 aromatic heterocycles. The Kier molecular flexibility index (Phi) is 5.59. The molecule has 0 radical (unpaired) electrons. The van der Waals surface area contributed by atoms with Crippen molar-refractivity contribution in [3.05, 3.63) is 101 Å². The van der Waals surface area contributed by atoms with E-state index in [1.165, 1.54) is 11.1 Å². The van der Waals surface area contributed by atoms with Crippen LogP contribution in [0.2, 0.25) is 0 Å². The number of benzene rings is 2. The molecule has 3 aromatic rings. The summed E-state index contributed by atoms with van der Waals surface area (Å²) in [4.78, 5) is 4.56. The number of rotatable bonds is 6. The van der Waals surface area contributed by atoms with Crippen molar-refractivity contribution in [2.75, 3.05) is 0 Å². The van der Waals surface area contributed by atoms with Crippen molar-refractivity contribution in [3.8, 4) is 0 Å². The Morgan fingerprint density at radius 3 is 2.48 bits per heavy atom. The van der Waals surface area contributed by atoms with E-state index in [1.54, 1.807) is 0 Å². The number of nitrogens with zero attached hydrogens (tertiary/aromatic N) is 1. The summed E-state index contributed by atoms with van der Waals surface area (Å²) >= 11 is 0. The van der Waals surface area contributed by atoms with Crippen molar-refractivity contribution in [3.63, 3.8) is 0 Å². The number of nitrogens with one attached hydrogen (secondary N) is 1. The van der Waals surface area contributed by atoms with Gasteiger partial charge in [-0.25, -0.2) is 0 Å². The van der Waals surface area contributed by atoms with Crippen LogP contribution in [0.25, 0.3) is 0 Å². The third-order valence-electron chi connectivity index (χ3n) is 4.41. The summed E-state index contributed by atoms with van der Waals surface area (Å²) in [6.07, 6.45) is 1.83. The van der Waals surface area contributed by atoms with Crippen molar-refractivity contribution in [1.82, 2.24) is 10.3 Å². The Morgan fingerprint density at radius 2 is 1.76 bits per heavy atom. The third kappa shape index (κ3) is 4.32. The van der Waals surface area contributed by atoms with Gasteiger partial charge in [0.15, 0.2) is 0 Å². The number of aliphatic hydroxyl groups excluding tert-OH is 1. The lowest BCUT2D eigenvalue weighted by molar-refractivity contribution is 0.281. The molecule has 3 heteroatoms. The van der Waals surface area contributed by atoms with E-state index in [4.69, 9.17) is 0 Å². The minimum absolute atomic E-state index is 0.00822. The topological polar surface area (TPSA) is 45.1 Å². The lowest BCUT2D eigenvalue weighted by atomic mass is 9.98. The Bertz CT molecular complexity index is 817. The molecule has 0 spiro atoms. The van der Waals surface area contributed by atoms with Gasteiger partial charge in [0.2, 0.25) is 0 Å². The highest BCUT2D eigenvalue weighted by atomic mass is 16.3. The van der Waals surface area contributed by atoms with E-state index in [2.05, 4.69) is 60.5 Å². The van der Waals surface area contributed by atoms with Gasteiger partial charge in [0.05, 0.1) is 18.3 Å². The molecular formula is C22H24N2O. The quantitative estimate of drug-likeness (QED) is 0.706. The van der Waals surface area contributed by atoms with E-state index in [0.29, 0.717) is 0 Å². The van der Waals surface area contributed by atoms with Gasteiger partial charge >= 0.3 is 0 Å². The van der Waals surface area contributed by atoms with Gasteiger partial charge < -0.3 is 5.11 Å². The van der Waals surface area contributed by atoms with Crippen molar-refractivity contribution in [2.24, 2.45) is 0 Å². The highest BCUT2D eigenvalue weighted by molar-refractivity contribution is 5.32. The monoisotopic (exact) mass is 332 g/mol. The fourth-order valence-corrected chi connectivity index (χ4v) is 3.06. The smallest absolute Gasteiger partial charge is 0.0756 e. The summed E-state index contributed by atoms with van der Waals surface area (Å²) in [6.45, 7) is 4.30. The highest BCUT2D eigenvalue weighted by Gasteiger charge is 2.18. The van der Waals surface area contributed by atoms with Gasteiger partial charge in [-0.05, 0) is 42.7 Å². The molecule has 2 atom stereocenters. The lowest BCUT2D eigenvalue weighted by Gasteiger charge is -2.24. The fourth-order valence-electron chi connectivity index (χ4n) is 3.06. The molecular weight excluding hydrogens is 308 g/mol. The number of pyridine rings is 1. The Balaban J connectivity index is 1.92. The van der Waals surface area contributed by atoms with Crippen LogP contribution in [0.5, 0.6) is 0 Å². The number of aliphatic hydroxyl groups is 1. The van der Waals surface area contributed by atoms with Crippen LogP contribution in [0.1, 0.15) is 47.0 Å². The fraction of sp³-hybridized carbons (Fsp3) is 0.227. The van der Waals surface area contributed by atoms with Gasteiger partial charge in [0, 0.05) is 12.2 Å². The molecule has 0 aliphatic heterocycles. The summed E-state index contributed by atoms with van der Waals surface area (Å²) < 4.78 is 0. The van der Waals surface area contributed by atoms with E-state index in [9.17, 15) is 5.11 Å². The van der Waals surface area contributed by atoms with E-state index in [1.807, 2.05) is 36.5 Å². The minimum Gasteiger partial charge on any atom is -0.392 e. The van der Waals surface area contributed by atoms with Crippen LogP contribution in [-0.4, -0.2) is 10.1 Å². The summed E-state index contributed by atoms with van der Waals surface area (Å²) in [5, 5.41) is 13.1. The predicted molar refractivity (Wildman–Crippen MR) is 101 cm³/mol. The summed E-state index contributed by atoms with van der Waals surface area (Å²) in [5.74, 6) is 0. The van der Waals surface area contributed by atoms with Gasteiger partial charge in [0.25, 0.3) is 0 Å². The highest BCUT2D eigenvalue weighted by Crippen LogP contribution is 2.25. The number of hydrogen-bond donors (Lipinski definition) is 2. The second-order valence-electron chi connectivity index (χ2n) is 6.39. The van der Waals surface area contributed by atoms with Crippen LogP contribution < -0.4 is 5.32 Å². The zero-order chi connectivity index (χ0) is 17.6. The molecule has 25 heavy (non-hydrogen) atoms. The predicted octanol–water partition coefficient (Wildman–Crippen LogP) is 4.32. The average molecular weight is 332 g/mol. The van der Waals surface area contributed by atoms with Gasteiger partial charge in [0.1, 0.15) is 0 Å². The lowest BCUT2D eigenvalue weighted by Crippen LogP contribution is -2.26. The maximum Gasteiger partial charge on any atom is 0.0756 e. The molecule has 3 rings (SSSR count). The van der Waals surface area contributed by atoms with Gasteiger partial charge in [-0.1, -0.05) is 60.2 Å². The van der Waals surface area contributed by atoms with Gasteiger partial charge in [-0.2, -0.15) is 0 Å². The van der Waals surface area contributed by atoms with E-state index in [0.717, 1.165) is 16.8 Å². The summed E-state index contributed by atoms with van der Waals surface area (Å²) in [7, 11) is 0. The molecule has 0 saturated heterocycles. The van der Waals surface area contributed by atoms with Crippen LogP contribution in [0, 0.1) is 6.92 Å². The first-order chi connectivity index (χ1) is 12.2. The first kappa shape index (κ1) is 17.3. The van der Waals surface area contributed by atoms with Crippen molar-refractivity contribution in [1.29, 1.82) is 0 Å². The summed E-state index contributed by atoms with van der Waals surface area (Å²) in [6, 6.07) is 22.7. The Labute approximate surface area is 149 Å². The molecule has 0 saturated carbocycles. The molecule has 0 amide bonds. The zero-order valence-corrected chi connectivity index (χ0v) is 14.7. The average Bonchev–Trinajstić information content (AvgIpc) is 2.66. The largest absolute Gasteiger partial charge is 0.392 e. The maximum absolute atomic E-state index is 9.38. The van der Waals surface area contributed by atoms with Crippen LogP contribution in [-0.2, 0) is 6.61 Å². The van der Waals surface area contributed by atoms with Gasteiger partial charge in [-0.15, -0.1) is 0 Å². The molecule has 0 aliphatic rings. The second kappa shape index (κ2) is 8.06. The van der Waals surface area contributed by atoms with Crippen LogP contribution in [0.3, 0.4) is 0 Å². The van der Waals surface area contributed by atoms with Crippen molar-refractivity contribution < 1.29 is 5.11 Å². The summed E-state index contributed by atoms with van der Waals surface area (Å²) in [5.41, 5.74) is 5.51. The molecule has 0 bridgehead atoms. The molecule has 128 valence electrons. The second-order valence-corrected chi connectivity index (χ2v) is 6.39. The van der Waals surface area contributed by atoms with E-state index < -0.39 is 0 Å². The number of aryl methyl sites for hydroxylation is 1. The van der Waals surface area contributed by atoms with Crippen molar-refractivity contribution in [2.45, 2.75) is 32.5 Å². The normalized spacial score (nSPS) is 13.4. The third-order valence-corrected chi connectivity index (χ3v) is 4.41. The molecule has 0 aliphatic carbocycles. The minimum atomic E-state index is 0.00822. The van der Waals surface area contributed by atoms with Crippen LogP contribution in [0.15, 0.2) is 72.9 Å². The SMILES string of the molecule is Cc1cccc(C(NC(C)c2cccc(CO)c2)c2ccccn2)c1. The standard InChI is InChI=1S/C22H24N2O/c1-16-7-5-10-20(13-16)22(21-11-3-4-12-23-21)24-17(2)19-9-6-8-18(14-19)15-25/h3-14,17,22,24-25H,15H2,1-2H3. The molecule has 2 aromatic carbocycles. The molecule has 0 fully saturated rings. The van der Waals surface area contributed by atoms with Crippen molar-refractivity contribution >= 4 is 0 Å². The van der Waals surface area contributed by atoms with Crippen LogP contribution in [0.4, 0.5) is 0 Å². The molecule has 1 heterocycles. The number of aromatic nitrogens is 1. The van der Waals surface area contributed by atoms with Gasteiger partial charge in [-0.3, -0.25) is 10.3 Å².